The summed E-state index contributed by atoms with van der Waals surface area (Å²) in [5, 5.41) is 0. The van der Waals surface area contributed by atoms with Crippen LogP contribution in [-0.2, 0) is 6.42 Å². The first-order chi connectivity index (χ1) is 6.36. The van der Waals surface area contributed by atoms with E-state index in [1.54, 1.807) is 6.20 Å². The van der Waals surface area contributed by atoms with Gasteiger partial charge in [0.15, 0.2) is 0 Å². The van der Waals surface area contributed by atoms with Crippen molar-refractivity contribution in [1.29, 1.82) is 0 Å². The van der Waals surface area contributed by atoms with E-state index in [1.165, 1.54) is 5.56 Å². The van der Waals surface area contributed by atoms with E-state index in [0.29, 0.717) is 0 Å². The second kappa shape index (κ2) is 5.45. The molecule has 0 saturated carbocycles. The highest BCUT2D eigenvalue weighted by Crippen LogP contribution is 2.03. The van der Waals surface area contributed by atoms with E-state index in [9.17, 15) is 0 Å². The largest absolute Gasteiger partial charge is 0.271 e. The second-order valence-corrected chi connectivity index (χ2v) is 2.95. The van der Waals surface area contributed by atoms with Crippen LogP contribution in [0.3, 0.4) is 0 Å². The standard InChI is InChI=1S/C10H15N3/c1-2-4-10(13-11)7-9-5-3-6-12-8-9/h2-3,5-6,8,10,13H,1,4,7,11H2. The lowest BCUT2D eigenvalue weighted by molar-refractivity contribution is 0.530. The van der Waals surface area contributed by atoms with Gasteiger partial charge in [-0.3, -0.25) is 16.3 Å². The van der Waals surface area contributed by atoms with E-state index in [4.69, 9.17) is 5.84 Å². The van der Waals surface area contributed by atoms with Gasteiger partial charge in [0.1, 0.15) is 0 Å². The highest BCUT2D eigenvalue weighted by atomic mass is 15.2. The molecule has 0 aliphatic heterocycles. The Bertz CT molecular complexity index is 246. The Hall–Kier alpha value is -1.19. The number of nitrogens with one attached hydrogen (secondary N) is 1. The topological polar surface area (TPSA) is 50.9 Å². The number of nitrogens with zero attached hydrogens (tertiary/aromatic N) is 1. The summed E-state index contributed by atoms with van der Waals surface area (Å²) in [5.41, 5.74) is 3.94. The summed E-state index contributed by atoms with van der Waals surface area (Å²) in [6, 6.07) is 4.22. The van der Waals surface area contributed by atoms with Crippen molar-refractivity contribution >= 4 is 0 Å². The van der Waals surface area contributed by atoms with Crippen LogP contribution in [0.15, 0.2) is 37.2 Å². The quantitative estimate of drug-likeness (QED) is 0.401. The minimum Gasteiger partial charge on any atom is -0.271 e. The molecule has 0 aliphatic rings. The van der Waals surface area contributed by atoms with Crippen molar-refractivity contribution in [2.45, 2.75) is 18.9 Å². The average Bonchev–Trinajstić information content (AvgIpc) is 2.19. The summed E-state index contributed by atoms with van der Waals surface area (Å²) in [6.45, 7) is 3.68. The maximum atomic E-state index is 5.39. The third-order valence-corrected chi connectivity index (χ3v) is 1.89. The van der Waals surface area contributed by atoms with Crippen LogP contribution in [0.1, 0.15) is 12.0 Å². The van der Waals surface area contributed by atoms with Crippen LogP contribution in [-0.4, -0.2) is 11.0 Å². The highest BCUT2D eigenvalue weighted by Gasteiger charge is 2.04. The predicted molar refractivity (Wildman–Crippen MR) is 53.9 cm³/mol. The SMILES string of the molecule is C=CCC(Cc1cccnc1)NN. The van der Waals surface area contributed by atoms with Crippen LogP contribution in [0.5, 0.6) is 0 Å². The summed E-state index contributed by atoms with van der Waals surface area (Å²) < 4.78 is 0. The van der Waals surface area contributed by atoms with Gasteiger partial charge in [-0.1, -0.05) is 12.1 Å². The summed E-state index contributed by atoms with van der Waals surface area (Å²) in [7, 11) is 0. The van der Waals surface area contributed by atoms with Gasteiger partial charge in [-0.25, -0.2) is 0 Å². The van der Waals surface area contributed by atoms with Gasteiger partial charge >= 0.3 is 0 Å². The zero-order valence-corrected chi connectivity index (χ0v) is 7.61. The molecular formula is C10H15N3. The predicted octanol–water partition coefficient (Wildman–Crippen LogP) is 1.03. The molecule has 3 heteroatoms. The molecule has 0 saturated heterocycles. The molecule has 1 aromatic heterocycles. The first kappa shape index (κ1) is 9.89. The smallest absolute Gasteiger partial charge is 0.0300 e. The lowest BCUT2D eigenvalue weighted by atomic mass is 10.1. The van der Waals surface area contributed by atoms with Gasteiger partial charge in [0.05, 0.1) is 0 Å². The highest BCUT2D eigenvalue weighted by molar-refractivity contribution is 5.10. The van der Waals surface area contributed by atoms with Crippen molar-refractivity contribution in [1.82, 2.24) is 10.4 Å². The van der Waals surface area contributed by atoms with Crippen LogP contribution >= 0.6 is 0 Å². The molecule has 1 rings (SSSR count). The van der Waals surface area contributed by atoms with Gasteiger partial charge in [-0.15, -0.1) is 6.58 Å². The molecule has 70 valence electrons. The molecule has 0 radical (unpaired) electrons. The van der Waals surface area contributed by atoms with Crippen LogP contribution in [0.4, 0.5) is 0 Å². The van der Waals surface area contributed by atoms with E-state index < -0.39 is 0 Å². The molecule has 13 heavy (non-hydrogen) atoms. The number of pyridine rings is 1. The average molecular weight is 177 g/mol. The van der Waals surface area contributed by atoms with Crippen LogP contribution in [0.25, 0.3) is 0 Å². The van der Waals surface area contributed by atoms with Crippen molar-refractivity contribution in [3.8, 4) is 0 Å². The van der Waals surface area contributed by atoms with Gasteiger partial charge in [-0.05, 0) is 24.5 Å². The summed E-state index contributed by atoms with van der Waals surface area (Å²) in [4.78, 5) is 4.04. The fraction of sp³-hybridized carbons (Fsp3) is 0.300. The van der Waals surface area contributed by atoms with Crippen molar-refractivity contribution in [3.05, 3.63) is 42.7 Å². The molecule has 3 nitrogen and oxygen atoms in total. The number of aromatic nitrogens is 1. The monoisotopic (exact) mass is 177 g/mol. The molecule has 0 aromatic carbocycles. The Morgan fingerprint density at radius 3 is 3.08 bits per heavy atom. The van der Waals surface area contributed by atoms with Crippen LogP contribution < -0.4 is 11.3 Å². The van der Waals surface area contributed by atoms with E-state index in [-0.39, 0.29) is 6.04 Å². The van der Waals surface area contributed by atoms with Crippen molar-refractivity contribution < 1.29 is 0 Å². The molecule has 0 amide bonds. The summed E-state index contributed by atoms with van der Waals surface area (Å²) in [5.74, 6) is 5.39. The third-order valence-electron chi connectivity index (χ3n) is 1.89. The molecule has 0 aliphatic carbocycles. The summed E-state index contributed by atoms with van der Waals surface area (Å²) in [6.07, 6.45) is 7.23. The zero-order valence-electron chi connectivity index (χ0n) is 7.61. The van der Waals surface area contributed by atoms with E-state index >= 15 is 0 Å². The normalized spacial score (nSPS) is 12.4. The Labute approximate surface area is 78.6 Å². The Balaban J connectivity index is 2.51. The van der Waals surface area contributed by atoms with E-state index in [2.05, 4.69) is 17.0 Å². The second-order valence-electron chi connectivity index (χ2n) is 2.95. The molecule has 0 spiro atoms. The number of nitrogens with two attached hydrogens (primary N) is 1. The Kier molecular flexibility index (Phi) is 4.15. The van der Waals surface area contributed by atoms with Crippen LogP contribution in [0.2, 0.25) is 0 Å². The Morgan fingerprint density at radius 1 is 1.69 bits per heavy atom. The number of rotatable bonds is 5. The van der Waals surface area contributed by atoms with E-state index in [0.717, 1.165) is 12.8 Å². The number of hydrogen-bond acceptors (Lipinski definition) is 3. The van der Waals surface area contributed by atoms with Crippen molar-refractivity contribution in [2.75, 3.05) is 0 Å². The molecule has 1 atom stereocenters. The van der Waals surface area contributed by atoms with Crippen molar-refractivity contribution in [2.24, 2.45) is 5.84 Å². The molecule has 1 heterocycles. The van der Waals surface area contributed by atoms with Gasteiger partial charge < -0.3 is 0 Å². The first-order valence-corrected chi connectivity index (χ1v) is 4.32. The number of hydrazine groups is 1. The first-order valence-electron chi connectivity index (χ1n) is 4.32. The molecular weight excluding hydrogens is 162 g/mol. The zero-order chi connectivity index (χ0) is 9.52. The lowest BCUT2D eigenvalue weighted by Crippen LogP contribution is -2.36. The van der Waals surface area contributed by atoms with Gasteiger partial charge in [0.2, 0.25) is 0 Å². The molecule has 0 bridgehead atoms. The fourth-order valence-corrected chi connectivity index (χ4v) is 1.21. The van der Waals surface area contributed by atoms with Crippen molar-refractivity contribution in [3.63, 3.8) is 0 Å². The minimum absolute atomic E-state index is 0.252. The fourth-order valence-electron chi connectivity index (χ4n) is 1.21. The molecule has 0 fully saturated rings. The van der Waals surface area contributed by atoms with E-state index in [1.807, 2.05) is 24.4 Å². The van der Waals surface area contributed by atoms with Gasteiger partial charge in [-0.2, -0.15) is 0 Å². The molecule has 1 aromatic rings. The van der Waals surface area contributed by atoms with Gasteiger partial charge in [0.25, 0.3) is 0 Å². The minimum atomic E-state index is 0.252. The van der Waals surface area contributed by atoms with Crippen LogP contribution in [0, 0.1) is 0 Å². The molecule has 3 N–H and O–H groups in total. The maximum absolute atomic E-state index is 5.39. The molecule has 1 unspecified atom stereocenters. The summed E-state index contributed by atoms with van der Waals surface area (Å²) >= 11 is 0. The van der Waals surface area contributed by atoms with Gasteiger partial charge in [0, 0.05) is 18.4 Å². The third kappa shape index (κ3) is 3.36. The Morgan fingerprint density at radius 2 is 2.54 bits per heavy atom. The lowest BCUT2D eigenvalue weighted by Gasteiger charge is -2.12. The number of hydrogen-bond donors (Lipinski definition) is 2. The maximum Gasteiger partial charge on any atom is 0.0300 e.